The van der Waals surface area contributed by atoms with Gasteiger partial charge in [0, 0.05) is 23.1 Å². The lowest BCUT2D eigenvalue weighted by atomic mass is 9.86. The fourth-order valence-corrected chi connectivity index (χ4v) is 4.15. The molecule has 0 spiro atoms. The van der Waals surface area contributed by atoms with Gasteiger partial charge in [-0.2, -0.15) is 0 Å². The second-order valence-electron chi connectivity index (χ2n) is 7.33. The Morgan fingerprint density at radius 3 is 2.79 bits per heavy atom. The lowest BCUT2D eigenvalue weighted by Crippen LogP contribution is -2.44. The lowest BCUT2D eigenvalue weighted by molar-refractivity contribution is -0.172. The number of pyridine rings is 2. The van der Waals surface area contributed by atoms with Crippen molar-refractivity contribution in [3.63, 3.8) is 0 Å². The quantitative estimate of drug-likeness (QED) is 0.486. The fraction of sp³-hybridized carbons (Fsp3) is 0.286. The smallest absolute Gasteiger partial charge is 0.343 e. The SMILES string of the molecule is CCC1(O)C(=O)OCc2c1cc1n(c2=O)Cc2cc3ccc(CN)cc3nc2-1.Cl. The van der Waals surface area contributed by atoms with E-state index in [4.69, 9.17) is 15.5 Å². The van der Waals surface area contributed by atoms with Crippen LogP contribution in [-0.2, 0) is 34.8 Å². The number of hydrogen-bond donors (Lipinski definition) is 2. The highest BCUT2D eigenvalue weighted by atomic mass is 35.5. The average Bonchev–Trinajstić information content (AvgIpc) is 3.07. The van der Waals surface area contributed by atoms with Gasteiger partial charge in [0.2, 0.25) is 0 Å². The van der Waals surface area contributed by atoms with Crippen molar-refractivity contribution in [1.82, 2.24) is 9.55 Å². The molecule has 5 rings (SSSR count). The molecule has 0 amide bonds. The number of benzene rings is 1. The molecular formula is C21H20ClN3O4. The largest absolute Gasteiger partial charge is 0.458 e. The summed E-state index contributed by atoms with van der Waals surface area (Å²) in [5, 5.41) is 11.9. The van der Waals surface area contributed by atoms with Crippen molar-refractivity contribution >= 4 is 29.3 Å². The Hall–Kier alpha value is -2.74. The first-order chi connectivity index (χ1) is 13.5. The number of nitrogens with zero attached hydrogens (tertiary/aromatic N) is 2. The summed E-state index contributed by atoms with van der Waals surface area (Å²) in [6.45, 7) is 2.39. The summed E-state index contributed by atoms with van der Waals surface area (Å²) >= 11 is 0. The van der Waals surface area contributed by atoms with Gasteiger partial charge in [0.1, 0.15) is 6.61 Å². The lowest BCUT2D eigenvalue weighted by Gasteiger charge is -2.31. The number of rotatable bonds is 2. The first-order valence-corrected chi connectivity index (χ1v) is 9.26. The molecule has 4 heterocycles. The maximum absolute atomic E-state index is 13.1. The molecule has 0 saturated heterocycles. The summed E-state index contributed by atoms with van der Waals surface area (Å²) < 4.78 is 6.72. The topological polar surface area (TPSA) is 107 Å². The summed E-state index contributed by atoms with van der Waals surface area (Å²) in [4.78, 5) is 30.1. The van der Waals surface area contributed by atoms with Crippen molar-refractivity contribution in [3.8, 4) is 11.4 Å². The summed E-state index contributed by atoms with van der Waals surface area (Å²) in [5.74, 6) is -0.718. The van der Waals surface area contributed by atoms with E-state index in [0.717, 1.165) is 22.0 Å². The third-order valence-corrected chi connectivity index (χ3v) is 5.81. The van der Waals surface area contributed by atoms with Crippen LogP contribution in [0.2, 0.25) is 0 Å². The maximum Gasteiger partial charge on any atom is 0.343 e. The van der Waals surface area contributed by atoms with Gasteiger partial charge in [-0.05, 0) is 30.2 Å². The van der Waals surface area contributed by atoms with Crippen LogP contribution < -0.4 is 11.3 Å². The van der Waals surface area contributed by atoms with Crippen molar-refractivity contribution in [3.05, 3.63) is 62.9 Å². The van der Waals surface area contributed by atoms with Crippen LogP contribution in [0, 0.1) is 0 Å². The van der Waals surface area contributed by atoms with Gasteiger partial charge in [-0.3, -0.25) is 4.79 Å². The van der Waals surface area contributed by atoms with Crippen LogP contribution in [0.3, 0.4) is 0 Å². The number of carbonyl (C=O) groups is 1. The first kappa shape index (κ1) is 19.6. The molecule has 29 heavy (non-hydrogen) atoms. The molecule has 0 bridgehead atoms. The Morgan fingerprint density at radius 1 is 1.28 bits per heavy atom. The van der Waals surface area contributed by atoms with Crippen LogP contribution in [0.1, 0.15) is 35.6 Å². The normalized spacial score (nSPS) is 19.2. The van der Waals surface area contributed by atoms with Crippen molar-refractivity contribution < 1.29 is 14.6 Å². The number of hydrogen-bond acceptors (Lipinski definition) is 6. The number of nitrogens with two attached hydrogens (primary N) is 1. The first-order valence-electron chi connectivity index (χ1n) is 9.26. The van der Waals surface area contributed by atoms with Gasteiger partial charge < -0.3 is 20.1 Å². The molecule has 1 unspecified atom stereocenters. The van der Waals surface area contributed by atoms with E-state index in [2.05, 4.69) is 0 Å². The molecule has 2 aliphatic rings. The number of aromatic nitrogens is 2. The Kier molecular flexibility index (Phi) is 4.49. The number of fused-ring (bicyclic) bond motifs is 5. The summed E-state index contributed by atoms with van der Waals surface area (Å²) in [6.07, 6.45) is 0.125. The van der Waals surface area contributed by atoms with E-state index in [9.17, 15) is 14.7 Å². The molecule has 150 valence electrons. The third-order valence-electron chi connectivity index (χ3n) is 5.81. The number of halogens is 1. The molecule has 8 heteroatoms. The number of esters is 1. The van der Waals surface area contributed by atoms with E-state index in [1.54, 1.807) is 17.6 Å². The van der Waals surface area contributed by atoms with Gasteiger partial charge in [0.05, 0.1) is 29.0 Å². The van der Waals surface area contributed by atoms with Crippen LogP contribution >= 0.6 is 12.4 Å². The predicted molar refractivity (Wildman–Crippen MR) is 110 cm³/mol. The van der Waals surface area contributed by atoms with E-state index in [1.165, 1.54) is 0 Å². The van der Waals surface area contributed by atoms with Crippen molar-refractivity contribution in [2.45, 2.75) is 38.6 Å². The van der Waals surface area contributed by atoms with Gasteiger partial charge in [0.25, 0.3) is 5.56 Å². The molecule has 7 nitrogen and oxygen atoms in total. The summed E-state index contributed by atoms with van der Waals surface area (Å²) in [6, 6.07) is 9.63. The van der Waals surface area contributed by atoms with E-state index in [1.807, 2.05) is 24.3 Å². The van der Waals surface area contributed by atoms with Crippen LogP contribution in [0.25, 0.3) is 22.3 Å². The Bertz CT molecular complexity index is 1240. The van der Waals surface area contributed by atoms with E-state index >= 15 is 0 Å². The van der Waals surface area contributed by atoms with Crippen molar-refractivity contribution in [2.24, 2.45) is 5.73 Å². The van der Waals surface area contributed by atoms with Gasteiger partial charge in [-0.15, -0.1) is 12.4 Å². The average molecular weight is 414 g/mol. The van der Waals surface area contributed by atoms with Gasteiger partial charge in [-0.1, -0.05) is 19.1 Å². The second kappa shape index (κ2) is 6.66. The molecule has 2 aliphatic heterocycles. The highest BCUT2D eigenvalue weighted by molar-refractivity contribution is 5.86. The number of ether oxygens (including phenoxy) is 1. The zero-order valence-electron chi connectivity index (χ0n) is 15.8. The van der Waals surface area contributed by atoms with E-state index in [-0.39, 0.29) is 31.0 Å². The Labute approximate surface area is 172 Å². The second-order valence-corrected chi connectivity index (χ2v) is 7.33. The van der Waals surface area contributed by atoms with Crippen molar-refractivity contribution in [2.75, 3.05) is 0 Å². The molecule has 2 aromatic heterocycles. The number of aliphatic hydroxyl groups is 1. The molecule has 0 saturated carbocycles. The predicted octanol–water partition coefficient (Wildman–Crippen LogP) is 1.96. The van der Waals surface area contributed by atoms with Gasteiger partial charge >= 0.3 is 5.97 Å². The molecule has 0 radical (unpaired) electrons. The number of cyclic esters (lactones) is 1. The molecule has 3 aromatic rings. The zero-order valence-corrected chi connectivity index (χ0v) is 16.6. The van der Waals surface area contributed by atoms with Gasteiger partial charge in [0.15, 0.2) is 5.60 Å². The van der Waals surface area contributed by atoms with Crippen LogP contribution in [-0.4, -0.2) is 20.6 Å². The van der Waals surface area contributed by atoms with Crippen LogP contribution in [0.15, 0.2) is 35.1 Å². The maximum atomic E-state index is 13.1. The minimum Gasteiger partial charge on any atom is -0.458 e. The van der Waals surface area contributed by atoms with Gasteiger partial charge in [-0.25, -0.2) is 9.78 Å². The van der Waals surface area contributed by atoms with Crippen molar-refractivity contribution in [1.29, 1.82) is 0 Å². The summed E-state index contributed by atoms with van der Waals surface area (Å²) in [7, 11) is 0. The molecule has 3 N–H and O–H groups in total. The standard InChI is InChI=1S/C21H19N3O4.ClH/c1-2-21(27)15-7-17-18-13(6-12-4-3-11(8-22)5-16(12)23-18)9-24(17)19(25)14(15)10-28-20(21)26;/h3-7,27H,2,8-10,22H2,1H3;1H. The molecule has 0 fully saturated rings. The third kappa shape index (κ3) is 2.62. The molecular weight excluding hydrogens is 394 g/mol. The highest BCUT2D eigenvalue weighted by Crippen LogP contribution is 2.38. The summed E-state index contributed by atoms with van der Waals surface area (Å²) in [5.41, 5.74) is 8.34. The monoisotopic (exact) mass is 413 g/mol. The zero-order chi connectivity index (χ0) is 19.6. The van der Waals surface area contributed by atoms with Crippen LogP contribution in [0.5, 0.6) is 0 Å². The Balaban J connectivity index is 0.00000205. The highest BCUT2D eigenvalue weighted by Gasteiger charge is 2.45. The minimum atomic E-state index is -1.81. The fourth-order valence-electron chi connectivity index (χ4n) is 4.15. The number of carbonyl (C=O) groups excluding carboxylic acids is 1. The molecule has 1 aromatic carbocycles. The molecule has 0 aliphatic carbocycles. The van der Waals surface area contributed by atoms with E-state index < -0.39 is 11.6 Å². The van der Waals surface area contributed by atoms with Crippen LogP contribution in [0.4, 0.5) is 0 Å². The minimum absolute atomic E-state index is 0. The van der Waals surface area contributed by atoms with E-state index in [0.29, 0.717) is 35.6 Å². The molecule has 1 atom stereocenters. The Morgan fingerprint density at radius 2 is 2.07 bits per heavy atom.